The van der Waals surface area contributed by atoms with Crippen LogP contribution in [-0.2, 0) is 6.42 Å². The van der Waals surface area contributed by atoms with Gasteiger partial charge < -0.3 is 10.2 Å². The second kappa shape index (κ2) is 3.63. The number of hydrogen-bond acceptors (Lipinski definition) is 3. The quantitative estimate of drug-likeness (QED) is 0.758. The maximum absolute atomic E-state index is 12.7. The third-order valence-electron chi connectivity index (χ3n) is 4.52. The molecular formula is C17H14O3. The first-order valence-electron chi connectivity index (χ1n) is 6.76. The number of aliphatic hydroxyl groups excluding tert-OH is 1. The Bertz CT molecular complexity index is 737. The maximum atomic E-state index is 12.7. The number of carbonyl (C=O) groups is 1. The van der Waals surface area contributed by atoms with Crippen molar-refractivity contribution in [2.75, 3.05) is 0 Å². The maximum Gasteiger partial charge on any atom is 0.173 e. The molecule has 1 aromatic carbocycles. The van der Waals surface area contributed by atoms with E-state index in [1.54, 1.807) is 24.3 Å². The lowest BCUT2D eigenvalue weighted by molar-refractivity contribution is 0.0880. The average Bonchev–Trinajstić information content (AvgIpc) is 2.89. The van der Waals surface area contributed by atoms with E-state index in [0.29, 0.717) is 24.8 Å². The Morgan fingerprint density at radius 1 is 1.10 bits per heavy atom. The van der Waals surface area contributed by atoms with Crippen LogP contribution in [0.15, 0.2) is 53.3 Å². The van der Waals surface area contributed by atoms with Crippen LogP contribution < -0.4 is 0 Å². The van der Waals surface area contributed by atoms with E-state index in [2.05, 4.69) is 6.08 Å². The molecule has 3 aliphatic rings. The summed E-state index contributed by atoms with van der Waals surface area (Å²) in [7, 11) is 0. The minimum Gasteiger partial charge on any atom is -0.508 e. The van der Waals surface area contributed by atoms with Crippen LogP contribution in [0.5, 0.6) is 5.75 Å². The Labute approximate surface area is 116 Å². The van der Waals surface area contributed by atoms with Gasteiger partial charge in [0, 0.05) is 5.56 Å². The number of phenols is 1. The lowest BCUT2D eigenvalue weighted by Gasteiger charge is -2.18. The minimum absolute atomic E-state index is 0.0886. The van der Waals surface area contributed by atoms with Gasteiger partial charge in [0.15, 0.2) is 5.78 Å². The summed E-state index contributed by atoms with van der Waals surface area (Å²) in [5.41, 5.74) is 3.35. The topological polar surface area (TPSA) is 57.5 Å². The van der Waals surface area contributed by atoms with E-state index in [1.807, 2.05) is 6.07 Å². The van der Waals surface area contributed by atoms with Gasteiger partial charge in [0.1, 0.15) is 11.5 Å². The van der Waals surface area contributed by atoms with Gasteiger partial charge in [-0.25, -0.2) is 0 Å². The summed E-state index contributed by atoms with van der Waals surface area (Å²) in [6.45, 7) is 0. The molecule has 0 saturated heterocycles. The molecule has 0 amide bonds. The molecule has 0 bridgehead atoms. The molecule has 3 nitrogen and oxygen atoms in total. The van der Waals surface area contributed by atoms with Crippen molar-refractivity contribution in [1.29, 1.82) is 0 Å². The highest BCUT2D eigenvalue weighted by Gasteiger charge is 2.48. The van der Waals surface area contributed by atoms with E-state index in [-0.39, 0.29) is 17.3 Å². The Balaban J connectivity index is 1.78. The number of carbonyl (C=O) groups excluding carboxylic acids is 1. The van der Waals surface area contributed by atoms with Gasteiger partial charge >= 0.3 is 0 Å². The predicted molar refractivity (Wildman–Crippen MR) is 74.7 cm³/mol. The summed E-state index contributed by atoms with van der Waals surface area (Å²) in [6.07, 6.45) is 7.62. The van der Waals surface area contributed by atoms with Crippen molar-refractivity contribution in [3.05, 3.63) is 64.5 Å². The largest absolute Gasteiger partial charge is 0.508 e. The summed E-state index contributed by atoms with van der Waals surface area (Å²) in [5, 5.41) is 19.2. The zero-order valence-corrected chi connectivity index (χ0v) is 10.9. The van der Waals surface area contributed by atoms with E-state index >= 15 is 0 Å². The molecule has 0 fully saturated rings. The molecule has 1 spiro atoms. The van der Waals surface area contributed by atoms with Crippen LogP contribution in [0, 0.1) is 5.41 Å². The zero-order chi connectivity index (χ0) is 13.9. The van der Waals surface area contributed by atoms with Gasteiger partial charge in [-0.05, 0) is 60.3 Å². The van der Waals surface area contributed by atoms with E-state index in [4.69, 9.17) is 0 Å². The van der Waals surface area contributed by atoms with Gasteiger partial charge in [-0.3, -0.25) is 4.79 Å². The van der Waals surface area contributed by atoms with Crippen LogP contribution in [0.1, 0.15) is 28.8 Å². The minimum atomic E-state index is -0.504. The molecule has 3 aliphatic carbocycles. The molecule has 0 aliphatic heterocycles. The number of hydrogen-bond donors (Lipinski definition) is 2. The van der Waals surface area contributed by atoms with Gasteiger partial charge in [0.2, 0.25) is 0 Å². The molecule has 0 heterocycles. The summed E-state index contributed by atoms with van der Waals surface area (Å²) in [5.74, 6) is 0.510. The van der Waals surface area contributed by atoms with Gasteiger partial charge in [-0.1, -0.05) is 12.1 Å². The molecule has 1 unspecified atom stereocenters. The normalized spacial score (nSPS) is 27.0. The smallest absolute Gasteiger partial charge is 0.173 e. The molecule has 0 saturated carbocycles. The summed E-state index contributed by atoms with van der Waals surface area (Å²) < 4.78 is 0. The lowest BCUT2D eigenvalue weighted by atomic mass is 9.82. The Kier molecular flexibility index (Phi) is 2.09. The van der Waals surface area contributed by atoms with Crippen LogP contribution in [0.3, 0.4) is 0 Å². The highest BCUT2D eigenvalue weighted by atomic mass is 16.3. The van der Waals surface area contributed by atoms with E-state index < -0.39 is 5.41 Å². The number of aromatic hydroxyl groups is 1. The Hall–Kier alpha value is -2.29. The standard InChI is InChI=1S/C17H14O3/c18-13-3-1-10-7-17(9-12(10)5-13)8-11-2-4-14(19)6-15(11)16(17)20/h2-7,18-19H,1,8-9H2. The Morgan fingerprint density at radius 3 is 2.80 bits per heavy atom. The van der Waals surface area contributed by atoms with Crippen molar-refractivity contribution in [3.63, 3.8) is 0 Å². The Morgan fingerprint density at radius 2 is 1.95 bits per heavy atom. The third-order valence-corrected chi connectivity index (χ3v) is 4.52. The third kappa shape index (κ3) is 1.43. The summed E-state index contributed by atoms with van der Waals surface area (Å²) >= 11 is 0. The number of ketones is 1. The number of allylic oxidation sites excluding steroid dienone is 5. The van der Waals surface area contributed by atoms with Crippen molar-refractivity contribution >= 4 is 5.78 Å². The van der Waals surface area contributed by atoms with E-state index in [0.717, 1.165) is 16.7 Å². The van der Waals surface area contributed by atoms with Crippen LogP contribution in [-0.4, -0.2) is 16.0 Å². The zero-order valence-electron chi connectivity index (χ0n) is 10.9. The number of Topliss-reactive ketones (excluding diaryl/α,β-unsaturated/α-hetero) is 1. The highest BCUT2D eigenvalue weighted by molar-refractivity contribution is 6.07. The fourth-order valence-electron chi connectivity index (χ4n) is 3.59. The SMILES string of the molecule is O=C1c2cc(O)ccc2CC12C=C1CC=C(O)C=C1C2. The van der Waals surface area contributed by atoms with Gasteiger partial charge in [-0.15, -0.1) is 0 Å². The molecule has 0 radical (unpaired) electrons. The van der Waals surface area contributed by atoms with Gasteiger partial charge in [0.05, 0.1) is 5.41 Å². The number of benzene rings is 1. The van der Waals surface area contributed by atoms with Gasteiger partial charge in [-0.2, -0.15) is 0 Å². The molecule has 0 aromatic heterocycles. The molecule has 4 rings (SSSR count). The fourth-order valence-corrected chi connectivity index (χ4v) is 3.59. The van der Waals surface area contributed by atoms with E-state index in [9.17, 15) is 15.0 Å². The molecule has 100 valence electrons. The first-order valence-corrected chi connectivity index (χ1v) is 6.76. The number of aliphatic hydroxyl groups is 1. The lowest BCUT2D eigenvalue weighted by Crippen LogP contribution is -2.23. The van der Waals surface area contributed by atoms with Crippen LogP contribution >= 0.6 is 0 Å². The van der Waals surface area contributed by atoms with Crippen LogP contribution in [0.2, 0.25) is 0 Å². The second-order valence-corrected chi connectivity index (χ2v) is 5.85. The monoisotopic (exact) mass is 266 g/mol. The molecule has 2 N–H and O–H groups in total. The van der Waals surface area contributed by atoms with Crippen LogP contribution in [0.4, 0.5) is 0 Å². The highest BCUT2D eigenvalue weighted by Crippen LogP contribution is 2.51. The fraction of sp³-hybridized carbons (Fsp3) is 0.235. The van der Waals surface area contributed by atoms with Crippen molar-refractivity contribution in [2.24, 2.45) is 5.41 Å². The van der Waals surface area contributed by atoms with Crippen molar-refractivity contribution < 1.29 is 15.0 Å². The molecule has 1 aromatic rings. The van der Waals surface area contributed by atoms with Crippen molar-refractivity contribution in [1.82, 2.24) is 0 Å². The summed E-state index contributed by atoms with van der Waals surface area (Å²) in [4.78, 5) is 12.7. The summed E-state index contributed by atoms with van der Waals surface area (Å²) in [6, 6.07) is 5.03. The van der Waals surface area contributed by atoms with Crippen molar-refractivity contribution in [2.45, 2.75) is 19.3 Å². The van der Waals surface area contributed by atoms with Crippen LogP contribution in [0.25, 0.3) is 0 Å². The first kappa shape index (κ1) is 11.5. The molecular weight excluding hydrogens is 252 g/mol. The molecule has 3 heteroatoms. The van der Waals surface area contributed by atoms with Gasteiger partial charge in [0.25, 0.3) is 0 Å². The molecule has 1 atom stereocenters. The average molecular weight is 266 g/mol. The number of rotatable bonds is 0. The molecule has 20 heavy (non-hydrogen) atoms. The number of fused-ring (bicyclic) bond motifs is 2. The first-order chi connectivity index (χ1) is 9.57. The van der Waals surface area contributed by atoms with E-state index in [1.165, 1.54) is 0 Å². The number of phenolic OH excluding ortho intramolecular Hbond substituents is 1. The van der Waals surface area contributed by atoms with Crippen molar-refractivity contribution in [3.8, 4) is 5.75 Å². The second-order valence-electron chi connectivity index (χ2n) is 5.85. The predicted octanol–water partition coefficient (Wildman–Crippen LogP) is 3.22.